The summed E-state index contributed by atoms with van der Waals surface area (Å²) in [6.45, 7) is 0. The van der Waals surface area contributed by atoms with Gasteiger partial charge in [-0.25, -0.2) is 9.59 Å². The van der Waals surface area contributed by atoms with Crippen LogP contribution in [0.1, 0.15) is 12.0 Å². The van der Waals surface area contributed by atoms with E-state index in [4.69, 9.17) is 14.9 Å². The molecule has 2 atom stereocenters. The first-order valence-corrected chi connectivity index (χ1v) is 4.91. The molecule has 0 amide bonds. The van der Waals surface area contributed by atoms with Crippen molar-refractivity contribution in [1.82, 2.24) is 0 Å². The second-order valence-corrected chi connectivity index (χ2v) is 3.70. The fourth-order valence-corrected chi connectivity index (χ4v) is 1.82. The molecule has 6 heteroatoms. The maximum absolute atomic E-state index is 10.6. The number of carbonyl (C=O) groups is 2. The predicted octanol–water partition coefficient (Wildman–Crippen LogP) is 2.04. The van der Waals surface area contributed by atoms with E-state index in [2.05, 4.69) is 4.74 Å². The van der Waals surface area contributed by atoms with Crippen LogP contribution in [-0.4, -0.2) is 28.6 Å². The maximum Gasteiger partial charge on any atom is 0.506 e. The lowest BCUT2D eigenvalue weighted by Crippen LogP contribution is -2.23. The molecule has 1 aromatic rings. The molecule has 0 heterocycles. The van der Waals surface area contributed by atoms with Gasteiger partial charge in [0.15, 0.2) is 11.7 Å². The Hall–Kier alpha value is -2.24. The van der Waals surface area contributed by atoms with Crippen molar-refractivity contribution in [2.45, 2.75) is 18.1 Å². The molecular weight excluding hydrogens is 228 g/mol. The van der Waals surface area contributed by atoms with Crippen molar-refractivity contribution >= 4 is 12.3 Å². The summed E-state index contributed by atoms with van der Waals surface area (Å²) >= 11 is 0. The molecule has 90 valence electrons. The Morgan fingerprint density at radius 3 is 2.35 bits per heavy atom. The summed E-state index contributed by atoms with van der Waals surface area (Å²) < 4.78 is 9.34. The first-order valence-electron chi connectivity index (χ1n) is 4.91. The molecule has 0 spiro atoms. The zero-order valence-electron chi connectivity index (χ0n) is 8.70. The van der Waals surface area contributed by atoms with Gasteiger partial charge < -0.3 is 19.7 Å². The molecule has 0 radical (unpaired) electrons. The number of hydrogen-bond acceptors (Lipinski definition) is 4. The van der Waals surface area contributed by atoms with Crippen molar-refractivity contribution < 1.29 is 29.3 Å². The summed E-state index contributed by atoms with van der Waals surface area (Å²) in [4.78, 5) is 21.1. The molecule has 6 nitrogen and oxygen atoms in total. The van der Waals surface area contributed by atoms with E-state index in [1.165, 1.54) is 0 Å². The van der Waals surface area contributed by atoms with E-state index in [0.717, 1.165) is 0 Å². The van der Waals surface area contributed by atoms with Crippen LogP contribution in [0.15, 0.2) is 30.3 Å². The Bertz CT molecular complexity index is 443. The molecule has 0 aromatic heterocycles. The van der Waals surface area contributed by atoms with Crippen molar-refractivity contribution in [2.75, 3.05) is 0 Å². The van der Waals surface area contributed by atoms with E-state index < -0.39 is 24.0 Å². The van der Waals surface area contributed by atoms with Crippen LogP contribution in [0.25, 0.3) is 0 Å². The third kappa shape index (κ3) is 2.15. The van der Waals surface area contributed by atoms with Gasteiger partial charge >= 0.3 is 12.3 Å². The quantitative estimate of drug-likeness (QED) is 0.782. The van der Waals surface area contributed by atoms with Gasteiger partial charge in [0.25, 0.3) is 0 Å². The molecule has 1 aliphatic carbocycles. The molecule has 2 N–H and O–H groups in total. The lowest BCUT2D eigenvalue weighted by molar-refractivity contribution is -0.00167. The van der Waals surface area contributed by atoms with Crippen LogP contribution in [0.5, 0.6) is 0 Å². The summed E-state index contributed by atoms with van der Waals surface area (Å²) in [5.41, 5.74) is -0.598. The summed E-state index contributed by atoms with van der Waals surface area (Å²) in [6, 6.07) is 8.56. The van der Waals surface area contributed by atoms with Crippen molar-refractivity contribution in [3.05, 3.63) is 35.9 Å². The first-order chi connectivity index (χ1) is 8.04. The van der Waals surface area contributed by atoms with E-state index in [-0.39, 0.29) is 6.42 Å². The van der Waals surface area contributed by atoms with Crippen LogP contribution < -0.4 is 0 Å². The van der Waals surface area contributed by atoms with Crippen LogP contribution >= 0.6 is 0 Å². The number of carboxylic acid groups (broad SMARTS) is 2. The van der Waals surface area contributed by atoms with Crippen molar-refractivity contribution in [3.8, 4) is 0 Å². The Kier molecular flexibility index (Phi) is 2.63. The van der Waals surface area contributed by atoms with Gasteiger partial charge in [0.2, 0.25) is 0 Å². The Labute approximate surface area is 96.4 Å². The van der Waals surface area contributed by atoms with Gasteiger partial charge in [0, 0.05) is 6.42 Å². The average molecular weight is 238 g/mol. The van der Waals surface area contributed by atoms with Crippen molar-refractivity contribution in [1.29, 1.82) is 0 Å². The van der Waals surface area contributed by atoms with Crippen LogP contribution in [0.2, 0.25) is 0 Å². The monoisotopic (exact) mass is 238 g/mol. The maximum atomic E-state index is 10.6. The molecule has 17 heavy (non-hydrogen) atoms. The third-order valence-electron chi connectivity index (χ3n) is 2.62. The van der Waals surface area contributed by atoms with E-state index in [9.17, 15) is 9.59 Å². The van der Waals surface area contributed by atoms with Crippen LogP contribution in [0.3, 0.4) is 0 Å². The van der Waals surface area contributed by atoms with Crippen LogP contribution in [0, 0.1) is 0 Å². The molecule has 1 aliphatic rings. The standard InChI is InChI=1S/C11H10O6/c12-9(13)16-8-6-11(8,17-10(14)15)7-4-2-1-3-5-7/h1-5,8H,6H2,(H,12,13)(H,14,15)/t8-,11+/m1/s1. The fourth-order valence-electron chi connectivity index (χ4n) is 1.82. The van der Waals surface area contributed by atoms with E-state index >= 15 is 0 Å². The van der Waals surface area contributed by atoms with Gasteiger partial charge in [-0.1, -0.05) is 30.3 Å². The normalized spacial score (nSPS) is 26.0. The van der Waals surface area contributed by atoms with Crippen LogP contribution in [0.4, 0.5) is 9.59 Å². The molecule has 0 saturated heterocycles. The molecule has 1 aromatic carbocycles. The van der Waals surface area contributed by atoms with Crippen molar-refractivity contribution in [3.63, 3.8) is 0 Å². The molecule has 2 rings (SSSR count). The molecule has 0 aliphatic heterocycles. The highest BCUT2D eigenvalue weighted by Gasteiger charge is 2.63. The highest BCUT2D eigenvalue weighted by atomic mass is 16.7. The fraction of sp³-hybridized carbons (Fsp3) is 0.273. The lowest BCUT2D eigenvalue weighted by Gasteiger charge is -2.15. The third-order valence-corrected chi connectivity index (χ3v) is 2.62. The number of rotatable bonds is 3. The van der Waals surface area contributed by atoms with Gasteiger partial charge in [-0.15, -0.1) is 0 Å². The summed E-state index contributed by atoms with van der Waals surface area (Å²) in [7, 11) is 0. The summed E-state index contributed by atoms with van der Waals surface area (Å²) in [5.74, 6) is 0. The second kappa shape index (κ2) is 3.97. The number of hydrogen-bond donors (Lipinski definition) is 2. The minimum atomic E-state index is -1.45. The molecular formula is C11H10O6. The SMILES string of the molecule is O=C(O)O[C@@H]1C[C@]1(OC(=O)O)c1ccccc1. The van der Waals surface area contributed by atoms with E-state index in [0.29, 0.717) is 5.56 Å². The molecule has 0 bridgehead atoms. The second-order valence-electron chi connectivity index (χ2n) is 3.70. The molecule has 1 saturated carbocycles. The van der Waals surface area contributed by atoms with Gasteiger partial charge in [-0.3, -0.25) is 0 Å². The summed E-state index contributed by atoms with van der Waals surface area (Å²) in [6.07, 6.45) is -3.47. The summed E-state index contributed by atoms with van der Waals surface area (Å²) in [5, 5.41) is 17.2. The predicted molar refractivity (Wildman–Crippen MR) is 54.7 cm³/mol. The minimum absolute atomic E-state index is 0.204. The average Bonchev–Trinajstić information content (AvgIpc) is 2.91. The minimum Gasteiger partial charge on any atom is -0.450 e. The van der Waals surface area contributed by atoms with Crippen LogP contribution in [-0.2, 0) is 15.1 Å². The number of benzene rings is 1. The van der Waals surface area contributed by atoms with Gasteiger partial charge in [-0.2, -0.15) is 0 Å². The lowest BCUT2D eigenvalue weighted by atomic mass is 10.1. The highest BCUT2D eigenvalue weighted by Crippen LogP contribution is 2.51. The van der Waals surface area contributed by atoms with E-state index in [1.54, 1.807) is 30.3 Å². The largest absolute Gasteiger partial charge is 0.506 e. The zero-order chi connectivity index (χ0) is 12.5. The zero-order valence-corrected chi connectivity index (χ0v) is 8.70. The van der Waals surface area contributed by atoms with Gasteiger partial charge in [-0.05, 0) is 5.56 Å². The molecule has 1 fully saturated rings. The Morgan fingerprint density at radius 2 is 1.82 bits per heavy atom. The van der Waals surface area contributed by atoms with Gasteiger partial charge in [0.1, 0.15) is 0 Å². The van der Waals surface area contributed by atoms with Gasteiger partial charge in [0.05, 0.1) is 0 Å². The van der Waals surface area contributed by atoms with E-state index in [1.807, 2.05) is 0 Å². The Balaban J connectivity index is 2.22. The Morgan fingerprint density at radius 1 is 1.18 bits per heavy atom. The first kappa shape index (κ1) is 11.3. The molecule has 0 unspecified atom stereocenters. The van der Waals surface area contributed by atoms with Crippen molar-refractivity contribution in [2.24, 2.45) is 0 Å². The highest BCUT2D eigenvalue weighted by molar-refractivity contribution is 5.61. The number of ether oxygens (including phenoxy) is 2. The smallest absolute Gasteiger partial charge is 0.450 e. The topological polar surface area (TPSA) is 93.1 Å².